The van der Waals surface area contributed by atoms with Crippen molar-refractivity contribution in [3.05, 3.63) is 77.1 Å². The molecule has 10 heteroatoms. The summed E-state index contributed by atoms with van der Waals surface area (Å²) in [6.07, 6.45) is 1.78. The van der Waals surface area contributed by atoms with E-state index in [1.54, 1.807) is 6.08 Å². The maximum absolute atomic E-state index is 14.5. The van der Waals surface area contributed by atoms with Crippen LogP contribution in [-0.4, -0.2) is 55.3 Å². The van der Waals surface area contributed by atoms with Crippen LogP contribution in [0.15, 0.2) is 60.2 Å². The quantitative estimate of drug-likeness (QED) is 0.353. The summed E-state index contributed by atoms with van der Waals surface area (Å²) in [5, 5.41) is 10.7. The summed E-state index contributed by atoms with van der Waals surface area (Å²) >= 11 is 14.1. The van der Waals surface area contributed by atoms with Gasteiger partial charge in [0.05, 0.1) is 18.4 Å². The number of alkyl halides is 2. The second kappa shape index (κ2) is 8.38. The van der Waals surface area contributed by atoms with Crippen molar-refractivity contribution in [1.29, 1.82) is 0 Å². The monoisotopic (exact) mass is 556 g/mol. The minimum Gasteiger partial charge on any atom is -0.505 e. The molecule has 7 nitrogen and oxygen atoms in total. The second-order valence-corrected chi connectivity index (χ2v) is 11.7. The van der Waals surface area contributed by atoms with Crippen molar-refractivity contribution in [1.82, 2.24) is 9.80 Å². The smallest absolute Gasteiger partial charge is 0.253 e. The van der Waals surface area contributed by atoms with Crippen molar-refractivity contribution >= 4 is 46.8 Å². The molecule has 6 rings (SSSR count). The SMILES string of the molecule is CN1C(=O)C2(Cl)CC3C(=CCC4C(=O)N(Cc5ccccc5)C(=O)C43)C(c3cccc(F)c3O)C2(Cl)C1=O. The standard InChI is InChI=1S/C28H23Cl2FN2O5/c1-32-25(37)27(29)12-18-15(21(28(27,30)26(32)38)17-8-5-9-19(31)22(17)34)10-11-16-20(18)24(36)33(23(16)35)13-14-6-3-2-4-7-14/h2-10,16,18,20-21,34H,11-13H2,1H3. The first-order chi connectivity index (χ1) is 18.0. The number of benzene rings is 2. The lowest BCUT2D eigenvalue weighted by molar-refractivity contribution is -0.141. The zero-order chi connectivity index (χ0) is 27.1. The highest BCUT2D eigenvalue weighted by Gasteiger charge is 2.76. The Kier molecular flexibility index (Phi) is 5.53. The van der Waals surface area contributed by atoms with Crippen LogP contribution >= 0.6 is 23.2 Å². The third-order valence-electron chi connectivity index (χ3n) is 8.62. The fourth-order valence-corrected chi connectivity index (χ4v) is 7.85. The molecule has 0 bridgehead atoms. The van der Waals surface area contributed by atoms with E-state index in [2.05, 4.69) is 0 Å². The van der Waals surface area contributed by atoms with Gasteiger partial charge < -0.3 is 5.11 Å². The first kappa shape index (κ1) is 25.1. The Morgan fingerprint density at radius 1 is 0.974 bits per heavy atom. The Morgan fingerprint density at radius 3 is 2.39 bits per heavy atom. The highest BCUT2D eigenvalue weighted by molar-refractivity contribution is 6.53. The number of amides is 4. The number of imide groups is 2. The Morgan fingerprint density at radius 2 is 1.68 bits per heavy atom. The Balaban J connectivity index is 1.49. The number of carbonyl (C=O) groups is 4. The van der Waals surface area contributed by atoms with E-state index in [0.29, 0.717) is 5.57 Å². The molecule has 0 radical (unpaired) electrons. The second-order valence-electron chi connectivity index (χ2n) is 10.4. The Hall–Kier alpha value is -3.23. The molecule has 2 heterocycles. The van der Waals surface area contributed by atoms with E-state index in [1.807, 2.05) is 30.3 Å². The average molecular weight is 557 g/mol. The molecule has 2 saturated heterocycles. The summed E-state index contributed by atoms with van der Waals surface area (Å²) in [7, 11) is 1.27. The van der Waals surface area contributed by atoms with Crippen LogP contribution in [0.25, 0.3) is 0 Å². The van der Waals surface area contributed by atoms with Crippen LogP contribution in [-0.2, 0) is 25.7 Å². The summed E-state index contributed by atoms with van der Waals surface area (Å²) in [4.78, 5) is 52.1. The fourth-order valence-electron chi connectivity index (χ4n) is 6.84. The normalized spacial score (nSPS) is 34.3. The lowest BCUT2D eigenvalue weighted by Gasteiger charge is -2.50. The predicted molar refractivity (Wildman–Crippen MR) is 136 cm³/mol. The molecular formula is C28H23Cl2FN2O5. The summed E-state index contributed by atoms with van der Waals surface area (Å²) in [5.74, 6) is -7.30. The minimum absolute atomic E-state index is 0.00575. The van der Waals surface area contributed by atoms with Crippen molar-refractivity contribution in [2.24, 2.45) is 17.8 Å². The van der Waals surface area contributed by atoms with Crippen molar-refractivity contribution in [3.8, 4) is 5.75 Å². The van der Waals surface area contributed by atoms with E-state index in [0.717, 1.165) is 16.5 Å². The predicted octanol–water partition coefficient (Wildman–Crippen LogP) is 3.72. The van der Waals surface area contributed by atoms with Gasteiger partial charge in [-0.15, -0.1) is 23.2 Å². The highest BCUT2D eigenvalue weighted by Crippen LogP contribution is 2.66. The number of hydrogen-bond donors (Lipinski definition) is 1. The van der Waals surface area contributed by atoms with Gasteiger partial charge in [-0.3, -0.25) is 29.0 Å². The van der Waals surface area contributed by atoms with E-state index in [4.69, 9.17) is 23.2 Å². The zero-order valence-electron chi connectivity index (χ0n) is 20.2. The van der Waals surface area contributed by atoms with Gasteiger partial charge >= 0.3 is 0 Å². The lowest BCUT2D eigenvalue weighted by Crippen LogP contribution is -2.60. The number of para-hydroxylation sites is 1. The average Bonchev–Trinajstić information content (AvgIpc) is 3.22. The number of rotatable bonds is 3. The van der Waals surface area contributed by atoms with Gasteiger partial charge in [-0.05, 0) is 30.4 Å². The van der Waals surface area contributed by atoms with E-state index in [9.17, 15) is 28.7 Å². The summed E-state index contributed by atoms with van der Waals surface area (Å²) in [6.45, 7) is 0.104. The molecule has 2 aromatic carbocycles. The molecule has 2 aliphatic heterocycles. The van der Waals surface area contributed by atoms with Crippen LogP contribution in [0, 0.1) is 23.6 Å². The van der Waals surface area contributed by atoms with Crippen LogP contribution in [0.3, 0.4) is 0 Å². The number of nitrogens with zero attached hydrogens (tertiary/aromatic N) is 2. The highest BCUT2D eigenvalue weighted by atomic mass is 35.5. The third-order valence-corrected chi connectivity index (χ3v) is 10.0. The van der Waals surface area contributed by atoms with E-state index >= 15 is 0 Å². The van der Waals surface area contributed by atoms with Crippen molar-refractivity contribution < 1.29 is 28.7 Å². The number of fused-ring (bicyclic) bond motifs is 4. The molecule has 0 spiro atoms. The van der Waals surface area contributed by atoms with Gasteiger partial charge in [0.15, 0.2) is 21.3 Å². The van der Waals surface area contributed by atoms with Gasteiger partial charge in [0, 0.05) is 18.5 Å². The summed E-state index contributed by atoms with van der Waals surface area (Å²) in [5.41, 5.74) is 1.28. The summed E-state index contributed by atoms with van der Waals surface area (Å²) in [6, 6.07) is 13.0. The zero-order valence-corrected chi connectivity index (χ0v) is 21.7. The van der Waals surface area contributed by atoms with Crippen LogP contribution in [0.5, 0.6) is 5.75 Å². The maximum Gasteiger partial charge on any atom is 0.253 e. The molecule has 0 aromatic heterocycles. The molecule has 38 heavy (non-hydrogen) atoms. The number of phenols is 1. The van der Waals surface area contributed by atoms with Crippen molar-refractivity contribution in [2.75, 3.05) is 7.05 Å². The number of aromatic hydroxyl groups is 1. The molecule has 6 atom stereocenters. The van der Waals surface area contributed by atoms with Gasteiger partial charge in [0.2, 0.25) is 11.8 Å². The van der Waals surface area contributed by atoms with Crippen molar-refractivity contribution in [3.63, 3.8) is 0 Å². The molecule has 4 aliphatic rings. The molecule has 3 fully saturated rings. The van der Waals surface area contributed by atoms with Crippen molar-refractivity contribution in [2.45, 2.75) is 35.1 Å². The Bertz CT molecular complexity index is 1450. The van der Waals surface area contributed by atoms with Gasteiger partial charge in [0.25, 0.3) is 11.8 Å². The maximum atomic E-state index is 14.5. The molecule has 196 valence electrons. The molecule has 1 N–H and O–H groups in total. The number of hydrogen-bond acceptors (Lipinski definition) is 5. The van der Waals surface area contributed by atoms with Crippen LogP contribution in [0.1, 0.15) is 29.9 Å². The van der Waals surface area contributed by atoms with E-state index in [1.165, 1.54) is 24.1 Å². The molecule has 4 amide bonds. The van der Waals surface area contributed by atoms with Crippen LogP contribution in [0.2, 0.25) is 0 Å². The Labute approximate surface area is 227 Å². The van der Waals surface area contributed by atoms with Gasteiger partial charge in [-0.1, -0.05) is 54.1 Å². The minimum atomic E-state index is -2.07. The molecular weight excluding hydrogens is 534 g/mol. The number of halogens is 3. The molecule has 6 unspecified atom stereocenters. The van der Waals surface area contributed by atoms with Gasteiger partial charge in [-0.25, -0.2) is 4.39 Å². The first-order valence-corrected chi connectivity index (χ1v) is 13.0. The third kappa shape index (κ3) is 3.07. The molecule has 1 saturated carbocycles. The molecule has 2 aromatic rings. The summed E-state index contributed by atoms with van der Waals surface area (Å²) < 4.78 is 14.5. The largest absolute Gasteiger partial charge is 0.505 e. The number of phenolic OH excluding ortho intramolecular Hbond substituents is 1. The fraction of sp³-hybridized carbons (Fsp3) is 0.357. The lowest BCUT2D eigenvalue weighted by atomic mass is 9.56. The number of allylic oxidation sites excluding steroid dienone is 2. The van der Waals surface area contributed by atoms with Crippen LogP contribution < -0.4 is 0 Å². The van der Waals surface area contributed by atoms with Crippen LogP contribution in [0.4, 0.5) is 4.39 Å². The first-order valence-electron chi connectivity index (χ1n) is 12.3. The number of likely N-dealkylation sites (tertiary alicyclic amines) is 2. The topological polar surface area (TPSA) is 95.0 Å². The number of carbonyl (C=O) groups excluding carboxylic acids is 4. The van der Waals surface area contributed by atoms with Gasteiger partial charge in [0.1, 0.15) is 0 Å². The van der Waals surface area contributed by atoms with Gasteiger partial charge in [-0.2, -0.15) is 0 Å². The molecule has 2 aliphatic carbocycles. The van der Waals surface area contributed by atoms with E-state index in [-0.39, 0.29) is 30.9 Å². The van der Waals surface area contributed by atoms with E-state index < -0.39 is 62.7 Å².